The summed E-state index contributed by atoms with van der Waals surface area (Å²) in [4.78, 5) is 37.7. The summed E-state index contributed by atoms with van der Waals surface area (Å²) < 4.78 is 16.6. The summed E-state index contributed by atoms with van der Waals surface area (Å²) in [5.41, 5.74) is 0. The number of rotatable bonds is 26. The second kappa shape index (κ2) is 25.7. The molecule has 0 bridgehead atoms. The smallest absolute Gasteiger partial charge is 0.306 e. The molecule has 0 radical (unpaired) electrons. The van der Waals surface area contributed by atoms with Gasteiger partial charge in [0.25, 0.3) is 0 Å². The van der Waals surface area contributed by atoms with Gasteiger partial charge in [-0.1, -0.05) is 105 Å². The molecule has 0 fully saturated rings. The minimum atomic E-state index is -0.469. The van der Waals surface area contributed by atoms with Crippen molar-refractivity contribution in [2.24, 2.45) is 11.8 Å². The topological polar surface area (TPSA) is 78.9 Å². The van der Waals surface area contributed by atoms with Crippen molar-refractivity contribution in [1.82, 2.24) is 0 Å². The number of unbranched alkanes of at least 4 members (excludes halogenated alkanes) is 10. The van der Waals surface area contributed by atoms with Crippen LogP contribution < -0.4 is 0 Å². The van der Waals surface area contributed by atoms with Crippen LogP contribution in [0.2, 0.25) is 0 Å². The van der Waals surface area contributed by atoms with E-state index < -0.39 is 5.92 Å². The van der Waals surface area contributed by atoms with Gasteiger partial charge in [0, 0.05) is 19.3 Å². The number of carbonyl (C=O) groups is 3. The number of carbonyl (C=O) groups excluding carboxylic acids is 3. The zero-order chi connectivity index (χ0) is 28.4. The molecule has 2 unspecified atom stereocenters. The van der Waals surface area contributed by atoms with Crippen molar-refractivity contribution < 1.29 is 28.6 Å². The van der Waals surface area contributed by atoms with Crippen molar-refractivity contribution >= 4 is 17.9 Å². The summed E-state index contributed by atoms with van der Waals surface area (Å²) in [5, 5.41) is 0. The van der Waals surface area contributed by atoms with Crippen LogP contribution in [0.1, 0.15) is 157 Å². The Morgan fingerprint density at radius 2 is 1.00 bits per heavy atom. The lowest BCUT2D eigenvalue weighted by Gasteiger charge is -2.20. The second-order valence-electron chi connectivity index (χ2n) is 11.1. The summed E-state index contributed by atoms with van der Waals surface area (Å²) in [6.07, 6.45) is 17.1. The largest absolute Gasteiger partial charge is 0.466 e. The standard InChI is InChI=1S/C32H60O6/c1-6-10-12-14-16-18-22-36-30(33)24-28(25-31(34)37-23-19-17-15-13-11-7-2)26-32(35)38-29(9-4)21-20-27(5)8-3/h27-29H,6-26H2,1-5H3. The van der Waals surface area contributed by atoms with Gasteiger partial charge in [-0.2, -0.15) is 0 Å². The van der Waals surface area contributed by atoms with Crippen LogP contribution in [-0.2, 0) is 28.6 Å². The molecule has 0 rings (SSSR count). The van der Waals surface area contributed by atoms with Gasteiger partial charge in [0.15, 0.2) is 0 Å². The molecule has 0 aromatic heterocycles. The number of ether oxygens (including phenoxy) is 3. The van der Waals surface area contributed by atoms with Crippen LogP contribution in [0.15, 0.2) is 0 Å². The number of hydrogen-bond acceptors (Lipinski definition) is 6. The van der Waals surface area contributed by atoms with Crippen molar-refractivity contribution in [2.45, 2.75) is 163 Å². The lowest BCUT2D eigenvalue weighted by molar-refractivity contribution is -0.153. The van der Waals surface area contributed by atoms with E-state index in [0.29, 0.717) is 19.1 Å². The molecule has 0 aliphatic carbocycles. The molecule has 2 atom stereocenters. The van der Waals surface area contributed by atoms with Gasteiger partial charge in [-0.3, -0.25) is 14.4 Å². The molecular formula is C32H60O6. The number of esters is 3. The van der Waals surface area contributed by atoms with Gasteiger partial charge in [0.2, 0.25) is 0 Å². The maximum atomic E-state index is 12.7. The molecule has 0 saturated carbocycles. The monoisotopic (exact) mass is 540 g/mol. The summed E-state index contributed by atoms with van der Waals surface area (Å²) in [6, 6.07) is 0. The van der Waals surface area contributed by atoms with E-state index in [0.717, 1.165) is 64.2 Å². The Morgan fingerprint density at radius 3 is 1.45 bits per heavy atom. The van der Waals surface area contributed by atoms with E-state index >= 15 is 0 Å². The van der Waals surface area contributed by atoms with Gasteiger partial charge in [-0.25, -0.2) is 0 Å². The normalized spacial score (nSPS) is 12.8. The second-order valence-corrected chi connectivity index (χ2v) is 11.1. The van der Waals surface area contributed by atoms with Gasteiger partial charge in [0.1, 0.15) is 6.10 Å². The SMILES string of the molecule is CCCCCCCCOC(=O)CC(CC(=O)OCCCCCCCC)CC(=O)OC(CC)CCC(C)CC. The average molecular weight is 541 g/mol. The maximum absolute atomic E-state index is 12.7. The highest BCUT2D eigenvalue weighted by Crippen LogP contribution is 2.20. The summed E-state index contributed by atoms with van der Waals surface area (Å²) >= 11 is 0. The molecule has 0 aromatic carbocycles. The van der Waals surface area contributed by atoms with Crippen LogP contribution in [0.5, 0.6) is 0 Å². The molecule has 38 heavy (non-hydrogen) atoms. The van der Waals surface area contributed by atoms with E-state index in [9.17, 15) is 14.4 Å². The highest BCUT2D eigenvalue weighted by Gasteiger charge is 2.25. The third kappa shape index (κ3) is 22.4. The summed E-state index contributed by atoms with van der Waals surface area (Å²) in [7, 11) is 0. The Bertz CT molecular complexity index is 558. The fraction of sp³-hybridized carbons (Fsp3) is 0.906. The summed E-state index contributed by atoms with van der Waals surface area (Å²) in [5.74, 6) is -0.937. The lowest BCUT2D eigenvalue weighted by atomic mass is 9.97. The quantitative estimate of drug-likeness (QED) is 0.0620. The molecule has 0 amide bonds. The Morgan fingerprint density at radius 1 is 0.553 bits per heavy atom. The fourth-order valence-corrected chi connectivity index (χ4v) is 4.43. The zero-order valence-corrected chi connectivity index (χ0v) is 25.5. The fourth-order valence-electron chi connectivity index (χ4n) is 4.43. The van der Waals surface area contributed by atoms with Gasteiger partial charge in [-0.05, 0) is 43.9 Å². The van der Waals surface area contributed by atoms with Crippen molar-refractivity contribution in [2.75, 3.05) is 13.2 Å². The van der Waals surface area contributed by atoms with Crippen LogP contribution in [0, 0.1) is 11.8 Å². The molecule has 0 N–H and O–H groups in total. The van der Waals surface area contributed by atoms with E-state index in [-0.39, 0.29) is 43.3 Å². The molecule has 0 aromatic rings. The molecule has 6 nitrogen and oxygen atoms in total. The molecule has 0 heterocycles. The first-order chi connectivity index (χ1) is 18.4. The highest BCUT2D eigenvalue weighted by atomic mass is 16.5. The minimum Gasteiger partial charge on any atom is -0.466 e. The van der Waals surface area contributed by atoms with Crippen LogP contribution in [0.3, 0.4) is 0 Å². The molecule has 0 aliphatic heterocycles. The van der Waals surface area contributed by atoms with E-state index in [2.05, 4.69) is 27.7 Å². The van der Waals surface area contributed by atoms with E-state index in [1.165, 1.54) is 38.5 Å². The maximum Gasteiger partial charge on any atom is 0.306 e. The Kier molecular flexibility index (Phi) is 24.6. The van der Waals surface area contributed by atoms with E-state index in [4.69, 9.17) is 14.2 Å². The van der Waals surface area contributed by atoms with Crippen LogP contribution in [0.25, 0.3) is 0 Å². The van der Waals surface area contributed by atoms with Crippen molar-refractivity contribution in [3.05, 3.63) is 0 Å². The predicted octanol–water partition coefficient (Wildman–Crippen LogP) is 8.73. The molecule has 0 aliphatic rings. The third-order valence-corrected chi connectivity index (χ3v) is 7.32. The lowest BCUT2D eigenvalue weighted by Crippen LogP contribution is -2.24. The molecule has 0 saturated heterocycles. The minimum absolute atomic E-state index is 0.0259. The Balaban J connectivity index is 4.70. The van der Waals surface area contributed by atoms with Gasteiger partial charge in [0.05, 0.1) is 13.2 Å². The first-order valence-corrected chi connectivity index (χ1v) is 15.9. The van der Waals surface area contributed by atoms with E-state index in [1.54, 1.807) is 0 Å². The van der Waals surface area contributed by atoms with Crippen molar-refractivity contribution in [3.8, 4) is 0 Å². The number of hydrogen-bond donors (Lipinski definition) is 0. The van der Waals surface area contributed by atoms with Crippen LogP contribution in [0.4, 0.5) is 0 Å². The average Bonchev–Trinajstić information content (AvgIpc) is 2.89. The molecular weight excluding hydrogens is 480 g/mol. The molecule has 224 valence electrons. The molecule has 6 heteroatoms. The Hall–Kier alpha value is -1.59. The first-order valence-electron chi connectivity index (χ1n) is 15.9. The van der Waals surface area contributed by atoms with Crippen molar-refractivity contribution in [3.63, 3.8) is 0 Å². The Labute approximate surface area is 234 Å². The highest BCUT2D eigenvalue weighted by molar-refractivity contribution is 5.76. The first kappa shape index (κ1) is 36.4. The summed E-state index contributed by atoms with van der Waals surface area (Å²) in [6.45, 7) is 11.5. The van der Waals surface area contributed by atoms with Crippen LogP contribution >= 0.6 is 0 Å². The predicted molar refractivity (Wildman–Crippen MR) is 155 cm³/mol. The van der Waals surface area contributed by atoms with Gasteiger partial charge < -0.3 is 14.2 Å². The van der Waals surface area contributed by atoms with Gasteiger partial charge >= 0.3 is 17.9 Å². The van der Waals surface area contributed by atoms with Crippen molar-refractivity contribution in [1.29, 1.82) is 0 Å². The molecule has 0 spiro atoms. The van der Waals surface area contributed by atoms with Gasteiger partial charge in [-0.15, -0.1) is 0 Å². The zero-order valence-electron chi connectivity index (χ0n) is 25.5. The van der Waals surface area contributed by atoms with Crippen LogP contribution in [-0.4, -0.2) is 37.2 Å². The third-order valence-electron chi connectivity index (χ3n) is 7.32. The van der Waals surface area contributed by atoms with E-state index in [1.807, 2.05) is 6.92 Å².